The highest BCUT2D eigenvalue weighted by Crippen LogP contribution is 2.34. The summed E-state index contributed by atoms with van der Waals surface area (Å²) in [6.45, 7) is 6.00. The molecule has 0 aromatic heterocycles. The molecule has 120 valence electrons. The van der Waals surface area contributed by atoms with E-state index in [0.29, 0.717) is 0 Å². The normalized spacial score (nSPS) is 27.3. The molecule has 0 fully saturated rings. The van der Waals surface area contributed by atoms with Gasteiger partial charge in [0.1, 0.15) is 0 Å². The van der Waals surface area contributed by atoms with Gasteiger partial charge in [-0.15, -0.1) is 0 Å². The molecule has 0 saturated carbocycles. The van der Waals surface area contributed by atoms with Crippen molar-refractivity contribution in [2.24, 2.45) is 5.92 Å². The maximum Gasteiger partial charge on any atom is 0.265 e. The lowest BCUT2D eigenvalue weighted by Gasteiger charge is -2.31. The lowest BCUT2D eigenvalue weighted by Crippen LogP contribution is -2.32. The zero-order valence-corrected chi connectivity index (χ0v) is 13.6. The van der Waals surface area contributed by atoms with Gasteiger partial charge < -0.3 is 10.2 Å². The van der Waals surface area contributed by atoms with Crippen molar-refractivity contribution in [3.05, 3.63) is 57.5 Å². The average molecular weight is 303 g/mol. The predicted octanol–water partition coefficient (Wildman–Crippen LogP) is 2.87. The molecular weight excluding hydrogens is 278 g/mol. The van der Waals surface area contributed by atoms with E-state index in [1.807, 2.05) is 26.0 Å². The van der Waals surface area contributed by atoms with Crippen LogP contribution in [0.5, 0.6) is 0 Å². The summed E-state index contributed by atoms with van der Waals surface area (Å²) in [6, 6.07) is 0.198. The first-order valence-electron chi connectivity index (χ1n) is 8.02. The van der Waals surface area contributed by atoms with Crippen LogP contribution in [0, 0.1) is 16.0 Å². The summed E-state index contributed by atoms with van der Waals surface area (Å²) in [5.41, 5.74) is 2.76. The standard InChI is InChI=1S/C15H19N3O2.C2H6/c1-17-6-4-11(5-7-17)15-10-16-13-2-3-14(18(19)20)9-12(15)8-13;1-2/h2-4,9-10,12-13,16H,5-8H2,1H3;1-2H3. The quantitative estimate of drug-likeness (QED) is 0.629. The number of fused-ring (bicyclic) bond motifs is 2. The minimum absolute atomic E-state index is 0.145. The van der Waals surface area contributed by atoms with Crippen LogP contribution in [0.4, 0.5) is 0 Å². The zero-order chi connectivity index (χ0) is 16.1. The van der Waals surface area contributed by atoms with Crippen molar-refractivity contribution in [3.8, 4) is 0 Å². The molecule has 0 aromatic rings. The van der Waals surface area contributed by atoms with Gasteiger partial charge in [0.2, 0.25) is 0 Å². The Bertz CT molecular complexity index is 546. The lowest BCUT2D eigenvalue weighted by molar-refractivity contribution is -0.419. The fraction of sp³-hybridized carbons (Fsp3) is 0.529. The molecule has 0 saturated heterocycles. The molecule has 22 heavy (non-hydrogen) atoms. The van der Waals surface area contributed by atoms with Crippen molar-refractivity contribution in [1.29, 1.82) is 0 Å². The molecule has 2 atom stereocenters. The zero-order valence-electron chi connectivity index (χ0n) is 13.6. The minimum Gasteiger partial charge on any atom is -0.384 e. The van der Waals surface area contributed by atoms with Gasteiger partial charge in [-0.3, -0.25) is 10.1 Å². The van der Waals surface area contributed by atoms with Gasteiger partial charge in [0, 0.05) is 43.4 Å². The molecule has 5 heteroatoms. The smallest absolute Gasteiger partial charge is 0.265 e. The fourth-order valence-electron chi connectivity index (χ4n) is 3.03. The van der Waals surface area contributed by atoms with E-state index in [9.17, 15) is 10.1 Å². The molecule has 2 heterocycles. The number of rotatable bonds is 2. The Morgan fingerprint density at radius 3 is 2.82 bits per heavy atom. The van der Waals surface area contributed by atoms with Crippen LogP contribution in [-0.2, 0) is 0 Å². The van der Waals surface area contributed by atoms with Crippen molar-refractivity contribution < 1.29 is 4.92 Å². The number of allylic oxidation sites excluding steroid dienone is 3. The summed E-state index contributed by atoms with van der Waals surface area (Å²) in [7, 11) is 2.11. The molecule has 1 aliphatic carbocycles. The summed E-state index contributed by atoms with van der Waals surface area (Å²) < 4.78 is 0. The van der Waals surface area contributed by atoms with E-state index in [0.717, 1.165) is 25.9 Å². The van der Waals surface area contributed by atoms with E-state index in [-0.39, 0.29) is 22.6 Å². The predicted molar refractivity (Wildman–Crippen MR) is 88.9 cm³/mol. The molecule has 0 aromatic carbocycles. The van der Waals surface area contributed by atoms with Gasteiger partial charge >= 0.3 is 0 Å². The molecule has 3 aliphatic rings. The van der Waals surface area contributed by atoms with Crippen LogP contribution in [0.25, 0.3) is 0 Å². The number of nitro groups is 1. The van der Waals surface area contributed by atoms with Crippen molar-refractivity contribution in [1.82, 2.24) is 10.2 Å². The highest BCUT2D eigenvalue weighted by molar-refractivity contribution is 5.40. The average Bonchev–Trinajstić information content (AvgIpc) is 2.70. The SMILES string of the molecule is CC.CN1CC=C(C2=CNC3C=CC([N+](=O)[O-])=CC2C3)CC1. The molecule has 2 aliphatic heterocycles. The first kappa shape index (κ1) is 16.5. The first-order valence-corrected chi connectivity index (χ1v) is 8.02. The Morgan fingerprint density at radius 1 is 1.41 bits per heavy atom. The molecule has 5 nitrogen and oxygen atoms in total. The number of hydrogen-bond donors (Lipinski definition) is 1. The summed E-state index contributed by atoms with van der Waals surface area (Å²) in [5.74, 6) is 0.145. The van der Waals surface area contributed by atoms with Gasteiger partial charge in [0.15, 0.2) is 0 Å². The largest absolute Gasteiger partial charge is 0.384 e. The monoisotopic (exact) mass is 303 g/mol. The second-order valence-corrected chi connectivity index (χ2v) is 5.66. The van der Waals surface area contributed by atoms with Crippen LogP contribution >= 0.6 is 0 Å². The maximum atomic E-state index is 11.0. The van der Waals surface area contributed by atoms with Gasteiger partial charge in [-0.2, -0.15) is 0 Å². The molecule has 3 rings (SSSR count). The first-order chi connectivity index (χ1) is 10.6. The van der Waals surface area contributed by atoms with E-state index >= 15 is 0 Å². The third-order valence-corrected chi connectivity index (χ3v) is 4.23. The molecule has 2 unspecified atom stereocenters. The van der Waals surface area contributed by atoms with E-state index in [1.54, 1.807) is 6.08 Å². The summed E-state index contributed by atoms with van der Waals surface area (Å²) in [6.07, 6.45) is 11.5. The summed E-state index contributed by atoms with van der Waals surface area (Å²) >= 11 is 0. The van der Waals surface area contributed by atoms with Crippen LogP contribution in [0.1, 0.15) is 26.7 Å². The van der Waals surface area contributed by atoms with E-state index < -0.39 is 0 Å². The lowest BCUT2D eigenvalue weighted by atomic mass is 9.83. The van der Waals surface area contributed by atoms with E-state index in [2.05, 4.69) is 29.5 Å². The van der Waals surface area contributed by atoms with Crippen molar-refractivity contribution in [2.45, 2.75) is 32.7 Å². The van der Waals surface area contributed by atoms with E-state index in [4.69, 9.17) is 0 Å². The van der Waals surface area contributed by atoms with Gasteiger partial charge in [0.05, 0.1) is 4.92 Å². The van der Waals surface area contributed by atoms with Crippen molar-refractivity contribution >= 4 is 0 Å². The topological polar surface area (TPSA) is 58.4 Å². The van der Waals surface area contributed by atoms with Crippen LogP contribution in [-0.4, -0.2) is 36.0 Å². The van der Waals surface area contributed by atoms with Crippen LogP contribution in [0.15, 0.2) is 47.3 Å². The van der Waals surface area contributed by atoms with Gasteiger partial charge in [0.25, 0.3) is 5.70 Å². The van der Waals surface area contributed by atoms with Gasteiger partial charge in [-0.1, -0.05) is 26.0 Å². The van der Waals surface area contributed by atoms with Crippen molar-refractivity contribution in [3.63, 3.8) is 0 Å². The third kappa shape index (κ3) is 3.65. The maximum absolute atomic E-state index is 11.0. The van der Waals surface area contributed by atoms with Crippen LogP contribution in [0.2, 0.25) is 0 Å². The van der Waals surface area contributed by atoms with Crippen LogP contribution in [0.3, 0.4) is 0 Å². The number of nitrogens with one attached hydrogen (secondary N) is 1. The Labute approximate surface area is 132 Å². The number of nitrogens with zero attached hydrogens (tertiary/aromatic N) is 2. The van der Waals surface area contributed by atoms with Crippen molar-refractivity contribution in [2.75, 3.05) is 20.1 Å². The summed E-state index contributed by atoms with van der Waals surface area (Å²) in [5, 5.41) is 14.4. The van der Waals surface area contributed by atoms with Gasteiger partial charge in [-0.05, 0) is 31.0 Å². The molecule has 2 bridgehead atoms. The fourth-order valence-corrected chi connectivity index (χ4v) is 3.03. The Hall–Kier alpha value is -1.88. The number of likely N-dealkylation sites (N-methyl/N-ethyl adjacent to an activating group) is 1. The highest BCUT2D eigenvalue weighted by Gasteiger charge is 2.28. The second-order valence-electron chi connectivity index (χ2n) is 5.66. The molecule has 0 spiro atoms. The van der Waals surface area contributed by atoms with Gasteiger partial charge in [-0.25, -0.2) is 0 Å². The Balaban J connectivity index is 0.000000847. The number of hydrogen-bond acceptors (Lipinski definition) is 4. The minimum atomic E-state index is -0.294. The second kappa shape index (κ2) is 7.40. The molecule has 0 amide bonds. The summed E-state index contributed by atoms with van der Waals surface area (Å²) in [4.78, 5) is 13.0. The molecular formula is C17H25N3O2. The van der Waals surface area contributed by atoms with Crippen LogP contribution < -0.4 is 5.32 Å². The molecule has 0 radical (unpaired) electrons. The Kier molecular flexibility index (Phi) is 5.55. The highest BCUT2D eigenvalue weighted by atomic mass is 16.6. The molecule has 1 N–H and O–H groups in total. The Morgan fingerprint density at radius 2 is 2.18 bits per heavy atom. The third-order valence-electron chi connectivity index (χ3n) is 4.23. The van der Waals surface area contributed by atoms with E-state index in [1.165, 1.54) is 11.1 Å².